The number of rotatable bonds is 3. The lowest BCUT2D eigenvalue weighted by atomic mass is 10.2. The Morgan fingerprint density at radius 1 is 1.47 bits per heavy atom. The average Bonchev–Trinajstić information content (AvgIpc) is 2.75. The number of aromatic nitrogens is 2. The van der Waals surface area contributed by atoms with Gasteiger partial charge in [-0.1, -0.05) is 0 Å². The van der Waals surface area contributed by atoms with Crippen molar-refractivity contribution in [1.82, 2.24) is 15.4 Å². The zero-order valence-electron chi connectivity index (χ0n) is 8.60. The fourth-order valence-corrected chi connectivity index (χ4v) is 1.50. The van der Waals surface area contributed by atoms with E-state index in [1.54, 1.807) is 12.4 Å². The van der Waals surface area contributed by atoms with E-state index in [9.17, 15) is 0 Å². The van der Waals surface area contributed by atoms with E-state index in [4.69, 9.17) is 10.6 Å². The molecule has 0 bridgehead atoms. The zero-order chi connectivity index (χ0) is 10.7. The summed E-state index contributed by atoms with van der Waals surface area (Å²) in [4.78, 5) is 8.45. The van der Waals surface area contributed by atoms with Crippen LogP contribution in [0.5, 0.6) is 0 Å². The van der Waals surface area contributed by atoms with Gasteiger partial charge in [0.15, 0.2) is 0 Å². The van der Waals surface area contributed by atoms with Crippen molar-refractivity contribution in [3.8, 4) is 0 Å². The lowest BCUT2D eigenvalue weighted by molar-refractivity contribution is 0.214. The second-order valence-corrected chi connectivity index (χ2v) is 3.43. The van der Waals surface area contributed by atoms with Crippen molar-refractivity contribution in [3.63, 3.8) is 0 Å². The summed E-state index contributed by atoms with van der Waals surface area (Å²) in [6.07, 6.45) is 6.37. The van der Waals surface area contributed by atoms with E-state index in [1.165, 1.54) is 0 Å². The fraction of sp³-hybridized carbons (Fsp3) is 0.400. The van der Waals surface area contributed by atoms with Crippen LogP contribution in [0.25, 0.3) is 0 Å². The predicted molar refractivity (Wildman–Crippen MR) is 55.5 cm³/mol. The van der Waals surface area contributed by atoms with Crippen LogP contribution in [-0.4, -0.2) is 16.6 Å². The normalized spacial score (nSPS) is 17.1. The molecule has 0 aliphatic carbocycles. The molecule has 3 N–H and O–H groups in total. The lowest BCUT2D eigenvalue weighted by Crippen LogP contribution is -2.30. The molecule has 1 aromatic rings. The van der Waals surface area contributed by atoms with Crippen LogP contribution in [0.15, 0.2) is 24.2 Å². The van der Waals surface area contributed by atoms with Gasteiger partial charge in [0.25, 0.3) is 0 Å². The number of aryl methyl sites for hydroxylation is 1. The van der Waals surface area contributed by atoms with Crippen molar-refractivity contribution in [1.29, 1.82) is 0 Å². The second kappa shape index (κ2) is 4.37. The standard InChI is InChI=1S/C10H14N4O/c1-7-5-13-8(6-12-7)10(14-11)9-3-2-4-15-9/h3,5-6,10,14H,2,4,11H2,1H3. The Bertz CT molecular complexity index is 360. The molecular formula is C10H14N4O. The third-order valence-electron chi connectivity index (χ3n) is 2.28. The van der Waals surface area contributed by atoms with Gasteiger partial charge in [-0.05, 0) is 13.0 Å². The Morgan fingerprint density at radius 2 is 2.33 bits per heavy atom. The molecule has 0 fully saturated rings. The summed E-state index contributed by atoms with van der Waals surface area (Å²) in [6.45, 7) is 2.61. The molecule has 1 atom stereocenters. The summed E-state index contributed by atoms with van der Waals surface area (Å²) < 4.78 is 5.44. The SMILES string of the molecule is Cc1cnc(C(NN)C2=CCCO2)cn1. The van der Waals surface area contributed by atoms with Crippen LogP contribution in [0, 0.1) is 6.92 Å². The van der Waals surface area contributed by atoms with Crippen LogP contribution in [-0.2, 0) is 4.74 Å². The van der Waals surface area contributed by atoms with Gasteiger partial charge in [0.05, 0.1) is 24.2 Å². The van der Waals surface area contributed by atoms with E-state index >= 15 is 0 Å². The zero-order valence-corrected chi connectivity index (χ0v) is 8.60. The topological polar surface area (TPSA) is 73.1 Å². The third-order valence-corrected chi connectivity index (χ3v) is 2.28. The van der Waals surface area contributed by atoms with Gasteiger partial charge in [0, 0.05) is 12.6 Å². The maximum atomic E-state index is 5.48. The number of hydrogen-bond acceptors (Lipinski definition) is 5. The van der Waals surface area contributed by atoms with E-state index in [0.717, 1.165) is 23.6 Å². The smallest absolute Gasteiger partial charge is 0.122 e. The van der Waals surface area contributed by atoms with Gasteiger partial charge >= 0.3 is 0 Å². The molecule has 5 heteroatoms. The average molecular weight is 206 g/mol. The van der Waals surface area contributed by atoms with Crippen LogP contribution in [0.1, 0.15) is 23.9 Å². The van der Waals surface area contributed by atoms with Gasteiger partial charge in [-0.2, -0.15) is 0 Å². The highest BCUT2D eigenvalue weighted by atomic mass is 16.5. The van der Waals surface area contributed by atoms with Gasteiger partial charge < -0.3 is 4.74 Å². The summed E-state index contributed by atoms with van der Waals surface area (Å²) in [7, 11) is 0. The van der Waals surface area contributed by atoms with Crippen molar-refractivity contribution in [2.75, 3.05) is 6.61 Å². The maximum Gasteiger partial charge on any atom is 0.122 e. The molecule has 5 nitrogen and oxygen atoms in total. The number of nitrogens with zero attached hydrogens (tertiary/aromatic N) is 2. The van der Waals surface area contributed by atoms with Crippen LogP contribution in [0.2, 0.25) is 0 Å². The van der Waals surface area contributed by atoms with Gasteiger partial charge in [0.2, 0.25) is 0 Å². The highest BCUT2D eigenvalue weighted by Gasteiger charge is 2.20. The molecule has 80 valence electrons. The Kier molecular flexibility index (Phi) is 2.94. The molecule has 15 heavy (non-hydrogen) atoms. The van der Waals surface area contributed by atoms with Crippen LogP contribution >= 0.6 is 0 Å². The molecule has 0 saturated carbocycles. The van der Waals surface area contributed by atoms with E-state index < -0.39 is 0 Å². The first-order chi connectivity index (χ1) is 7.31. The van der Waals surface area contributed by atoms with Crippen molar-refractivity contribution in [2.24, 2.45) is 5.84 Å². The van der Waals surface area contributed by atoms with Crippen LogP contribution in [0.4, 0.5) is 0 Å². The van der Waals surface area contributed by atoms with E-state index in [1.807, 2.05) is 13.0 Å². The van der Waals surface area contributed by atoms with Gasteiger partial charge in [-0.25, -0.2) is 5.43 Å². The summed E-state index contributed by atoms with van der Waals surface area (Å²) in [5.41, 5.74) is 4.34. The first-order valence-corrected chi connectivity index (χ1v) is 4.89. The summed E-state index contributed by atoms with van der Waals surface area (Å²) >= 11 is 0. The molecule has 0 radical (unpaired) electrons. The molecule has 2 heterocycles. The number of hydrogen-bond donors (Lipinski definition) is 2. The molecule has 1 aromatic heterocycles. The summed E-state index contributed by atoms with van der Waals surface area (Å²) in [6, 6.07) is -0.194. The molecule has 1 unspecified atom stereocenters. The first kappa shape index (κ1) is 10.1. The lowest BCUT2D eigenvalue weighted by Gasteiger charge is -2.16. The summed E-state index contributed by atoms with van der Waals surface area (Å²) in [5.74, 6) is 6.31. The number of nitrogens with one attached hydrogen (secondary N) is 1. The number of nitrogens with two attached hydrogens (primary N) is 1. The largest absolute Gasteiger partial charge is 0.496 e. The Hall–Kier alpha value is -1.46. The molecular weight excluding hydrogens is 192 g/mol. The highest BCUT2D eigenvalue weighted by Crippen LogP contribution is 2.23. The number of hydrazine groups is 1. The molecule has 0 amide bonds. The van der Waals surface area contributed by atoms with E-state index in [-0.39, 0.29) is 6.04 Å². The Balaban J connectivity index is 2.22. The first-order valence-electron chi connectivity index (χ1n) is 4.89. The Morgan fingerprint density at radius 3 is 2.87 bits per heavy atom. The predicted octanol–water partition coefficient (Wildman–Crippen LogP) is 0.594. The molecule has 2 rings (SSSR count). The van der Waals surface area contributed by atoms with E-state index in [2.05, 4.69) is 15.4 Å². The number of ether oxygens (including phenoxy) is 1. The highest BCUT2D eigenvalue weighted by molar-refractivity contribution is 5.18. The van der Waals surface area contributed by atoms with Crippen LogP contribution in [0.3, 0.4) is 0 Å². The maximum absolute atomic E-state index is 5.48. The van der Waals surface area contributed by atoms with Crippen molar-refractivity contribution in [2.45, 2.75) is 19.4 Å². The molecule has 0 saturated heterocycles. The van der Waals surface area contributed by atoms with Gasteiger partial charge in [-0.3, -0.25) is 15.8 Å². The van der Waals surface area contributed by atoms with Crippen molar-refractivity contribution in [3.05, 3.63) is 35.6 Å². The van der Waals surface area contributed by atoms with E-state index in [0.29, 0.717) is 6.61 Å². The fourth-order valence-electron chi connectivity index (χ4n) is 1.50. The van der Waals surface area contributed by atoms with Crippen LogP contribution < -0.4 is 11.3 Å². The molecule has 1 aliphatic rings. The third kappa shape index (κ3) is 2.14. The Labute approximate surface area is 88.3 Å². The van der Waals surface area contributed by atoms with Gasteiger partial charge in [0.1, 0.15) is 11.8 Å². The molecule has 0 aromatic carbocycles. The minimum atomic E-state index is -0.194. The van der Waals surface area contributed by atoms with Crippen molar-refractivity contribution < 1.29 is 4.74 Å². The quantitative estimate of drug-likeness (QED) is 0.559. The molecule has 0 spiro atoms. The van der Waals surface area contributed by atoms with Crippen molar-refractivity contribution >= 4 is 0 Å². The monoisotopic (exact) mass is 206 g/mol. The summed E-state index contributed by atoms with van der Waals surface area (Å²) in [5, 5.41) is 0. The molecule has 1 aliphatic heterocycles. The minimum Gasteiger partial charge on any atom is -0.496 e. The minimum absolute atomic E-state index is 0.194. The second-order valence-electron chi connectivity index (χ2n) is 3.43. The van der Waals surface area contributed by atoms with Gasteiger partial charge in [-0.15, -0.1) is 0 Å².